The van der Waals surface area contributed by atoms with Crippen molar-refractivity contribution in [3.63, 3.8) is 0 Å². The Morgan fingerprint density at radius 2 is 1.83 bits per heavy atom. The summed E-state index contributed by atoms with van der Waals surface area (Å²) in [7, 11) is -7.28. The summed E-state index contributed by atoms with van der Waals surface area (Å²) >= 11 is 0. The number of aromatic nitrogens is 8. The van der Waals surface area contributed by atoms with Crippen LogP contribution in [0.3, 0.4) is 0 Å². The van der Waals surface area contributed by atoms with Crippen LogP contribution < -0.4 is 10.9 Å². The molecule has 4 aromatic heterocycles. The molecule has 46 heavy (non-hydrogen) atoms. The molecule has 1 aliphatic rings. The summed E-state index contributed by atoms with van der Waals surface area (Å²) in [6.07, 6.45) is 2.63. The maximum absolute atomic E-state index is 13.8. The van der Waals surface area contributed by atoms with E-state index in [2.05, 4.69) is 35.6 Å². The van der Waals surface area contributed by atoms with E-state index in [0.29, 0.717) is 37.2 Å². The molecule has 0 spiro atoms. The molecule has 0 aliphatic carbocycles. The highest BCUT2D eigenvalue weighted by atomic mass is 32.2. The molecule has 0 atom stereocenters. The number of nitrogens with one attached hydrogen (secondary N) is 1. The van der Waals surface area contributed by atoms with Gasteiger partial charge in [-0.1, -0.05) is 12.1 Å². The molecule has 1 aromatic carbocycles. The quantitative estimate of drug-likeness (QED) is 0.240. The Hall–Kier alpha value is -4.75. The molecular weight excluding hydrogens is 646 g/mol. The third-order valence-corrected chi connectivity index (χ3v) is 10.3. The van der Waals surface area contributed by atoms with Crippen LogP contribution in [0.4, 0.5) is 14.7 Å². The first kappa shape index (κ1) is 31.2. The monoisotopic (exact) mass is 672 g/mol. The van der Waals surface area contributed by atoms with Crippen LogP contribution >= 0.6 is 0 Å². The van der Waals surface area contributed by atoms with Crippen LogP contribution in [-0.4, -0.2) is 85.4 Å². The Kier molecular flexibility index (Phi) is 8.30. The summed E-state index contributed by atoms with van der Waals surface area (Å²) in [5, 5.41) is 15.4. The van der Waals surface area contributed by atoms with Crippen molar-refractivity contribution in [1.29, 1.82) is 0 Å². The van der Waals surface area contributed by atoms with Gasteiger partial charge in [-0.2, -0.15) is 23.6 Å². The van der Waals surface area contributed by atoms with Crippen molar-refractivity contribution in [3.05, 3.63) is 82.9 Å². The molecule has 0 radical (unpaired) electrons. The first-order valence-corrected chi connectivity index (χ1v) is 17.1. The van der Waals surface area contributed by atoms with Crippen molar-refractivity contribution in [2.24, 2.45) is 0 Å². The first-order valence-electron chi connectivity index (χ1n) is 13.8. The number of halogens is 2. The number of anilines is 1. The molecule has 0 unspecified atom stereocenters. The minimum absolute atomic E-state index is 0.0479. The number of rotatable bonds is 9. The Morgan fingerprint density at radius 1 is 1.04 bits per heavy atom. The number of hydrogen-bond donors (Lipinski definition) is 1. The van der Waals surface area contributed by atoms with Crippen LogP contribution in [0.25, 0.3) is 22.3 Å². The highest BCUT2D eigenvalue weighted by molar-refractivity contribution is 7.89. The summed E-state index contributed by atoms with van der Waals surface area (Å²) in [6.45, 7) is 0.402. The van der Waals surface area contributed by atoms with E-state index in [4.69, 9.17) is 0 Å². The zero-order chi connectivity index (χ0) is 32.6. The minimum atomic E-state index is -3.98. The second-order valence-corrected chi connectivity index (χ2v) is 14.3. The average molecular weight is 673 g/mol. The van der Waals surface area contributed by atoms with Crippen LogP contribution in [-0.2, 0) is 26.6 Å². The molecule has 1 N–H and O–H groups in total. The fourth-order valence-electron chi connectivity index (χ4n) is 5.07. The third kappa shape index (κ3) is 6.33. The van der Waals surface area contributed by atoms with E-state index in [1.807, 2.05) is 0 Å². The predicted octanol–water partition coefficient (Wildman–Crippen LogP) is 1.90. The summed E-state index contributed by atoms with van der Waals surface area (Å²) < 4.78 is 80.2. The maximum Gasteiger partial charge on any atom is 0.284 e. The molecule has 0 saturated carbocycles. The average Bonchev–Trinajstić information content (AvgIpc) is 3.59. The molecule has 6 rings (SSSR count). The summed E-state index contributed by atoms with van der Waals surface area (Å²) in [5.74, 6) is 0.158. The molecule has 0 bridgehead atoms. The van der Waals surface area contributed by atoms with Crippen molar-refractivity contribution >= 4 is 37.0 Å². The number of alkyl halides is 2. The number of sulfonamides is 1. The lowest BCUT2D eigenvalue weighted by Crippen LogP contribution is -2.42. The number of fused-ring (bicyclic) bond motifs is 1. The van der Waals surface area contributed by atoms with E-state index >= 15 is 0 Å². The lowest BCUT2D eigenvalue weighted by molar-refractivity contribution is 0.149. The molecule has 1 aliphatic heterocycles. The van der Waals surface area contributed by atoms with Crippen LogP contribution in [0.15, 0.2) is 71.0 Å². The molecule has 5 heterocycles. The third-order valence-electron chi connectivity index (χ3n) is 7.46. The molecule has 19 heteroatoms. The number of hydrogen-bond acceptors (Lipinski definition) is 12. The van der Waals surface area contributed by atoms with Crippen molar-refractivity contribution < 1.29 is 25.6 Å². The second kappa shape index (κ2) is 12.2. The largest absolute Gasteiger partial charge is 0.351 e. The van der Waals surface area contributed by atoms with Crippen LogP contribution in [0.2, 0.25) is 0 Å². The van der Waals surface area contributed by atoms with Gasteiger partial charge in [-0.05, 0) is 43.2 Å². The first-order chi connectivity index (χ1) is 21.9. The molecule has 5 aromatic rings. The van der Waals surface area contributed by atoms with Gasteiger partial charge in [0, 0.05) is 36.3 Å². The van der Waals surface area contributed by atoms with Gasteiger partial charge in [0.15, 0.2) is 0 Å². The molecule has 0 amide bonds. The van der Waals surface area contributed by atoms with Gasteiger partial charge in [0.1, 0.15) is 18.3 Å². The SMILES string of the molecule is CS(=O)(=O)N1CCC(Nc2ncc3cc(C(F)F)c(=O)n(Cc4ccc(-c5cccc(S(=O)(=O)n6cncn6)c5)nn4)c3n2)CC1. The molecule has 15 nitrogen and oxygen atoms in total. The highest BCUT2D eigenvalue weighted by Crippen LogP contribution is 2.24. The Balaban J connectivity index is 1.28. The van der Waals surface area contributed by atoms with E-state index in [1.54, 1.807) is 18.2 Å². The zero-order valence-electron chi connectivity index (χ0n) is 24.1. The minimum Gasteiger partial charge on any atom is -0.351 e. The number of pyridine rings is 1. The van der Waals surface area contributed by atoms with Gasteiger partial charge in [0.25, 0.3) is 22.0 Å². The standard InChI is InChI=1S/C27H26F2N10O5S2/c1-45(41,42)37-9-7-19(8-10-37)33-27-31-13-18-12-22(24(28)29)26(40)38(25(18)34-27)14-20-5-6-23(36-35-20)17-3-2-4-21(11-17)46(43,44)39-16-30-15-32-39/h2-6,11-13,15-16,19,24H,7-10,14H2,1H3,(H,31,33,34). The van der Waals surface area contributed by atoms with Crippen molar-refractivity contribution in [2.45, 2.75) is 36.7 Å². The zero-order valence-corrected chi connectivity index (χ0v) is 25.7. The maximum atomic E-state index is 13.8. The van der Waals surface area contributed by atoms with Gasteiger partial charge >= 0.3 is 0 Å². The fraction of sp³-hybridized carbons (Fsp3) is 0.296. The van der Waals surface area contributed by atoms with E-state index in [0.717, 1.165) is 33.6 Å². The molecule has 1 saturated heterocycles. The lowest BCUT2D eigenvalue weighted by Gasteiger charge is -2.30. The van der Waals surface area contributed by atoms with E-state index < -0.39 is 37.6 Å². The van der Waals surface area contributed by atoms with E-state index in [9.17, 15) is 30.4 Å². The topological polar surface area (TPSA) is 188 Å². The van der Waals surface area contributed by atoms with E-state index in [-0.39, 0.29) is 40.2 Å². The van der Waals surface area contributed by atoms with Gasteiger partial charge in [0.05, 0.1) is 34.6 Å². The van der Waals surface area contributed by atoms with E-state index in [1.165, 1.54) is 28.7 Å². The highest BCUT2D eigenvalue weighted by Gasteiger charge is 2.26. The van der Waals surface area contributed by atoms with Gasteiger partial charge in [-0.15, -0.1) is 9.19 Å². The Morgan fingerprint density at radius 3 is 2.48 bits per heavy atom. The van der Waals surface area contributed by atoms with Crippen molar-refractivity contribution in [2.75, 3.05) is 24.7 Å². The summed E-state index contributed by atoms with van der Waals surface area (Å²) in [5.41, 5.74) is -0.559. The Bertz CT molecular complexity index is 2170. The van der Waals surface area contributed by atoms with Gasteiger partial charge in [-0.3, -0.25) is 9.36 Å². The van der Waals surface area contributed by atoms with Crippen molar-refractivity contribution in [1.82, 2.24) is 43.2 Å². The lowest BCUT2D eigenvalue weighted by atomic mass is 10.1. The normalized spacial score (nSPS) is 15.0. The van der Waals surface area contributed by atoms with Gasteiger partial charge in [-0.25, -0.2) is 31.5 Å². The summed E-state index contributed by atoms with van der Waals surface area (Å²) in [4.78, 5) is 25.5. The predicted molar refractivity (Wildman–Crippen MR) is 161 cm³/mol. The summed E-state index contributed by atoms with van der Waals surface area (Å²) in [6, 6.07) is 10.0. The van der Waals surface area contributed by atoms with Crippen LogP contribution in [0, 0.1) is 0 Å². The van der Waals surface area contributed by atoms with Crippen molar-refractivity contribution in [3.8, 4) is 11.3 Å². The molecule has 240 valence electrons. The van der Waals surface area contributed by atoms with Crippen LogP contribution in [0.1, 0.15) is 30.5 Å². The molecule has 1 fully saturated rings. The Labute approximate surface area is 261 Å². The smallest absolute Gasteiger partial charge is 0.284 e. The van der Waals surface area contributed by atoms with Gasteiger partial charge < -0.3 is 5.32 Å². The second-order valence-electron chi connectivity index (χ2n) is 10.6. The van der Waals surface area contributed by atoms with Gasteiger partial charge in [0.2, 0.25) is 16.0 Å². The number of nitrogens with zero attached hydrogens (tertiary/aromatic N) is 9. The van der Waals surface area contributed by atoms with Crippen LogP contribution in [0.5, 0.6) is 0 Å². The number of piperidine rings is 1. The number of benzene rings is 1. The molecular formula is C27H26F2N10O5S2. The fourth-order valence-corrected chi connectivity index (χ4v) is 7.04.